The van der Waals surface area contributed by atoms with Gasteiger partial charge in [0.2, 0.25) is 0 Å². The number of aliphatic hydroxyl groups is 1. The van der Waals surface area contributed by atoms with E-state index in [0.717, 1.165) is 5.76 Å². The van der Waals surface area contributed by atoms with Gasteiger partial charge < -0.3 is 20.2 Å². The van der Waals surface area contributed by atoms with E-state index < -0.39 is 15.4 Å². The summed E-state index contributed by atoms with van der Waals surface area (Å²) < 4.78 is 27.7. The lowest BCUT2D eigenvalue weighted by Gasteiger charge is -2.19. The Morgan fingerprint density at radius 3 is 2.61 bits per heavy atom. The number of nitrogens with one attached hydrogen (secondary N) is 2. The fourth-order valence-corrected chi connectivity index (χ4v) is 2.59. The van der Waals surface area contributed by atoms with E-state index in [9.17, 15) is 13.5 Å². The van der Waals surface area contributed by atoms with E-state index in [1.165, 1.54) is 6.26 Å². The second-order valence-electron chi connectivity index (χ2n) is 5.79. The van der Waals surface area contributed by atoms with Crippen LogP contribution in [0.1, 0.15) is 31.8 Å². The van der Waals surface area contributed by atoms with Gasteiger partial charge in [0.05, 0.1) is 12.3 Å². The topological polar surface area (TPSA) is 104 Å². The Bertz CT molecular complexity index is 620. The molecular formula is C15H27N3O4S. The summed E-state index contributed by atoms with van der Waals surface area (Å²) in [6, 6.07) is 3.53. The number of aliphatic imine (C=N–C) groups is 1. The van der Waals surface area contributed by atoms with Crippen LogP contribution in [0.25, 0.3) is 0 Å². The monoisotopic (exact) mass is 345 g/mol. The van der Waals surface area contributed by atoms with Crippen molar-refractivity contribution in [3.63, 3.8) is 0 Å². The van der Waals surface area contributed by atoms with Crippen molar-refractivity contribution in [2.45, 2.75) is 32.8 Å². The maximum Gasteiger partial charge on any atom is 0.191 e. The van der Waals surface area contributed by atoms with Crippen LogP contribution < -0.4 is 10.6 Å². The summed E-state index contributed by atoms with van der Waals surface area (Å²) in [5.74, 6) is 1.86. The molecule has 0 spiro atoms. The SMILES string of the molecule is CCNC(=NCC(C)(O)c1ccc(C)o1)NCCCS(C)(=O)=O. The van der Waals surface area contributed by atoms with Gasteiger partial charge >= 0.3 is 0 Å². The summed E-state index contributed by atoms with van der Waals surface area (Å²) in [6.07, 6.45) is 1.71. The molecule has 132 valence electrons. The van der Waals surface area contributed by atoms with Crippen molar-refractivity contribution in [3.8, 4) is 0 Å². The van der Waals surface area contributed by atoms with E-state index >= 15 is 0 Å². The molecule has 0 bridgehead atoms. The first kappa shape index (κ1) is 19.5. The van der Waals surface area contributed by atoms with Crippen LogP contribution in [-0.2, 0) is 15.4 Å². The first-order valence-electron chi connectivity index (χ1n) is 7.63. The van der Waals surface area contributed by atoms with Gasteiger partial charge in [-0.05, 0) is 39.3 Å². The summed E-state index contributed by atoms with van der Waals surface area (Å²) in [7, 11) is -2.96. The van der Waals surface area contributed by atoms with Crippen molar-refractivity contribution < 1.29 is 17.9 Å². The number of guanidine groups is 1. The molecule has 0 fully saturated rings. The summed E-state index contributed by atoms with van der Waals surface area (Å²) >= 11 is 0. The third kappa shape index (κ3) is 7.51. The standard InChI is InChI=1S/C15H27N3O4S/c1-5-16-14(17-9-6-10-23(4,20)21)18-11-15(3,19)13-8-7-12(2)22-13/h7-8,19H,5-6,9-11H2,1-4H3,(H2,16,17,18). The molecule has 7 nitrogen and oxygen atoms in total. The lowest BCUT2D eigenvalue weighted by atomic mass is 10.0. The molecule has 1 aromatic rings. The van der Waals surface area contributed by atoms with Crippen molar-refractivity contribution in [3.05, 3.63) is 23.7 Å². The molecule has 0 amide bonds. The molecule has 0 aliphatic rings. The minimum atomic E-state index is -2.96. The Labute approximate surface area is 138 Å². The molecule has 1 aromatic heterocycles. The fourth-order valence-electron chi connectivity index (χ4n) is 1.92. The van der Waals surface area contributed by atoms with Gasteiger partial charge in [0.25, 0.3) is 0 Å². The molecule has 0 radical (unpaired) electrons. The van der Waals surface area contributed by atoms with Crippen LogP contribution in [0.5, 0.6) is 0 Å². The molecule has 23 heavy (non-hydrogen) atoms. The summed E-state index contributed by atoms with van der Waals surface area (Å²) in [6.45, 7) is 6.67. The third-order valence-corrected chi connectivity index (χ3v) is 4.18. The zero-order valence-corrected chi connectivity index (χ0v) is 15.0. The molecule has 1 unspecified atom stereocenters. The summed E-state index contributed by atoms with van der Waals surface area (Å²) in [5, 5.41) is 16.6. The van der Waals surface area contributed by atoms with Crippen molar-refractivity contribution >= 4 is 15.8 Å². The zero-order valence-electron chi connectivity index (χ0n) is 14.2. The average Bonchev–Trinajstić information content (AvgIpc) is 2.87. The molecule has 0 aliphatic carbocycles. The Kier molecular flexibility index (Phi) is 7.08. The number of sulfone groups is 1. The molecule has 3 N–H and O–H groups in total. The molecule has 0 aliphatic heterocycles. The maximum absolute atomic E-state index is 11.1. The molecule has 1 heterocycles. The van der Waals surface area contributed by atoms with E-state index in [2.05, 4.69) is 15.6 Å². The highest BCUT2D eigenvalue weighted by Gasteiger charge is 2.26. The fraction of sp³-hybridized carbons (Fsp3) is 0.667. The van der Waals surface area contributed by atoms with Crippen LogP contribution in [0.15, 0.2) is 21.5 Å². The molecular weight excluding hydrogens is 318 g/mol. The summed E-state index contributed by atoms with van der Waals surface area (Å²) in [4.78, 5) is 4.34. The Morgan fingerprint density at radius 1 is 1.39 bits per heavy atom. The maximum atomic E-state index is 11.1. The van der Waals surface area contributed by atoms with Crippen molar-refractivity contribution in [1.82, 2.24) is 10.6 Å². The molecule has 0 saturated carbocycles. The lowest BCUT2D eigenvalue weighted by molar-refractivity contribution is 0.0428. The van der Waals surface area contributed by atoms with E-state index in [-0.39, 0.29) is 12.3 Å². The predicted molar refractivity (Wildman–Crippen MR) is 91.3 cm³/mol. The summed E-state index contributed by atoms with van der Waals surface area (Å²) in [5.41, 5.74) is -1.20. The Morgan fingerprint density at radius 2 is 2.09 bits per heavy atom. The lowest BCUT2D eigenvalue weighted by Crippen LogP contribution is -2.39. The van der Waals surface area contributed by atoms with Crippen LogP contribution >= 0.6 is 0 Å². The Balaban J connectivity index is 2.60. The molecule has 8 heteroatoms. The number of furan rings is 1. The zero-order chi connectivity index (χ0) is 17.5. The van der Waals surface area contributed by atoms with Gasteiger partial charge in [0.1, 0.15) is 27.0 Å². The molecule has 1 rings (SSSR count). The van der Waals surface area contributed by atoms with E-state index in [1.807, 2.05) is 13.8 Å². The second kappa shape index (κ2) is 8.35. The van der Waals surface area contributed by atoms with Gasteiger partial charge in [-0.1, -0.05) is 0 Å². The minimum absolute atomic E-state index is 0.126. The van der Waals surface area contributed by atoms with Crippen LogP contribution in [0.4, 0.5) is 0 Å². The van der Waals surface area contributed by atoms with Gasteiger partial charge in [-0.3, -0.25) is 0 Å². The highest BCUT2D eigenvalue weighted by Crippen LogP contribution is 2.22. The highest BCUT2D eigenvalue weighted by atomic mass is 32.2. The van der Waals surface area contributed by atoms with Crippen LogP contribution in [0, 0.1) is 6.92 Å². The van der Waals surface area contributed by atoms with E-state index in [1.54, 1.807) is 19.1 Å². The van der Waals surface area contributed by atoms with E-state index in [4.69, 9.17) is 4.42 Å². The van der Waals surface area contributed by atoms with Gasteiger partial charge in [-0.2, -0.15) is 0 Å². The number of aryl methyl sites for hydroxylation is 1. The Hall–Kier alpha value is -1.54. The molecule has 1 atom stereocenters. The van der Waals surface area contributed by atoms with Crippen LogP contribution in [0.3, 0.4) is 0 Å². The third-order valence-electron chi connectivity index (χ3n) is 3.14. The predicted octanol–water partition coefficient (Wildman–Crippen LogP) is 0.785. The number of nitrogens with zero attached hydrogens (tertiary/aromatic N) is 1. The van der Waals surface area contributed by atoms with Crippen LogP contribution in [-0.4, -0.2) is 51.1 Å². The normalized spacial score (nSPS) is 15.3. The number of hydrogen-bond donors (Lipinski definition) is 3. The first-order chi connectivity index (χ1) is 10.6. The number of hydrogen-bond acceptors (Lipinski definition) is 5. The molecule has 0 aromatic carbocycles. The van der Waals surface area contributed by atoms with Crippen molar-refractivity contribution in [2.75, 3.05) is 31.6 Å². The first-order valence-corrected chi connectivity index (χ1v) is 9.69. The second-order valence-corrected chi connectivity index (χ2v) is 8.05. The van der Waals surface area contributed by atoms with Gasteiger partial charge in [-0.25, -0.2) is 13.4 Å². The largest absolute Gasteiger partial charge is 0.463 e. The van der Waals surface area contributed by atoms with Gasteiger partial charge in [0.15, 0.2) is 5.96 Å². The van der Waals surface area contributed by atoms with Crippen LogP contribution in [0.2, 0.25) is 0 Å². The molecule has 0 saturated heterocycles. The highest BCUT2D eigenvalue weighted by molar-refractivity contribution is 7.90. The van der Waals surface area contributed by atoms with Crippen molar-refractivity contribution in [2.24, 2.45) is 4.99 Å². The number of rotatable bonds is 8. The average molecular weight is 345 g/mol. The van der Waals surface area contributed by atoms with Crippen molar-refractivity contribution in [1.29, 1.82) is 0 Å². The van der Waals surface area contributed by atoms with E-state index in [0.29, 0.717) is 31.2 Å². The quantitative estimate of drug-likeness (QED) is 0.365. The minimum Gasteiger partial charge on any atom is -0.463 e. The van der Waals surface area contributed by atoms with Gasteiger partial charge in [0, 0.05) is 19.3 Å². The smallest absolute Gasteiger partial charge is 0.191 e. The van der Waals surface area contributed by atoms with Gasteiger partial charge in [-0.15, -0.1) is 0 Å².